The van der Waals surface area contributed by atoms with E-state index in [1.54, 1.807) is 36.5 Å². The molecule has 0 aliphatic carbocycles. The molecule has 0 radical (unpaired) electrons. The van der Waals surface area contributed by atoms with E-state index in [1.807, 2.05) is 26.8 Å². The van der Waals surface area contributed by atoms with Crippen LogP contribution in [0.1, 0.15) is 56.2 Å². The van der Waals surface area contributed by atoms with Gasteiger partial charge in [-0.3, -0.25) is 14.3 Å². The lowest BCUT2D eigenvalue weighted by Crippen LogP contribution is -2.27. The number of nitrogens with zero attached hydrogens (tertiary/aromatic N) is 3. The van der Waals surface area contributed by atoms with Crippen molar-refractivity contribution in [3.63, 3.8) is 0 Å². The van der Waals surface area contributed by atoms with Crippen LogP contribution in [0.2, 0.25) is 0 Å². The maximum Gasteiger partial charge on any atom is 0.296 e. The van der Waals surface area contributed by atoms with Crippen molar-refractivity contribution in [3.05, 3.63) is 100 Å². The molecule has 4 aromatic rings. The fraction of sp³-hybridized carbons (Fsp3) is 0.276. The molecular weight excluding hydrogens is 505 g/mol. The van der Waals surface area contributed by atoms with Crippen molar-refractivity contribution in [2.45, 2.75) is 62.3 Å². The van der Waals surface area contributed by atoms with Gasteiger partial charge in [-0.1, -0.05) is 50.6 Å². The molecule has 7 nitrogen and oxygen atoms in total. The summed E-state index contributed by atoms with van der Waals surface area (Å²) in [6, 6.07) is 15.0. The molecule has 0 aliphatic heterocycles. The lowest BCUT2D eigenvalue weighted by Gasteiger charge is -2.25. The summed E-state index contributed by atoms with van der Waals surface area (Å²) in [6.07, 6.45) is 3.91. The Morgan fingerprint density at radius 1 is 1.05 bits per heavy atom. The van der Waals surface area contributed by atoms with Gasteiger partial charge in [0.1, 0.15) is 11.6 Å². The van der Waals surface area contributed by atoms with E-state index in [1.165, 1.54) is 28.8 Å². The van der Waals surface area contributed by atoms with Crippen LogP contribution in [-0.2, 0) is 16.3 Å². The predicted molar refractivity (Wildman–Crippen MR) is 143 cm³/mol. The van der Waals surface area contributed by atoms with Gasteiger partial charge >= 0.3 is 0 Å². The third kappa shape index (κ3) is 5.24. The second-order valence-electron chi connectivity index (χ2n) is 9.10. The van der Waals surface area contributed by atoms with E-state index in [4.69, 9.17) is 0 Å². The summed E-state index contributed by atoms with van der Waals surface area (Å²) in [5.41, 5.74) is 1.92. The number of unbranched alkanes of at least 4 members (excludes halogenated alkanes) is 1. The number of aryl methyl sites for hydroxylation is 2. The maximum absolute atomic E-state index is 14.1. The molecule has 2 aromatic heterocycles. The van der Waals surface area contributed by atoms with Gasteiger partial charge in [0.2, 0.25) is 15.7 Å². The zero-order valence-corrected chi connectivity index (χ0v) is 22.4. The summed E-state index contributed by atoms with van der Waals surface area (Å²) in [5, 5.41) is 11.4. The van der Waals surface area contributed by atoms with Crippen molar-refractivity contribution >= 4 is 9.84 Å². The van der Waals surface area contributed by atoms with Crippen molar-refractivity contribution in [2.24, 2.45) is 0 Å². The van der Waals surface area contributed by atoms with Crippen LogP contribution in [-0.4, -0.2) is 28.1 Å². The number of halogens is 1. The maximum atomic E-state index is 14.1. The van der Waals surface area contributed by atoms with Crippen molar-refractivity contribution < 1.29 is 17.9 Å². The molecule has 1 atom stereocenters. The molecule has 0 bridgehead atoms. The molecule has 38 heavy (non-hydrogen) atoms. The van der Waals surface area contributed by atoms with Crippen LogP contribution >= 0.6 is 0 Å². The first kappa shape index (κ1) is 27.2. The van der Waals surface area contributed by atoms with Crippen molar-refractivity contribution in [1.82, 2.24) is 14.5 Å². The number of hydrogen-bond donors (Lipinski definition) is 1. The number of rotatable bonds is 9. The van der Waals surface area contributed by atoms with Gasteiger partial charge in [0.15, 0.2) is 4.90 Å². The van der Waals surface area contributed by atoms with Crippen LogP contribution in [0.15, 0.2) is 81.4 Å². The largest absolute Gasteiger partial charge is 0.493 e. The highest BCUT2D eigenvalue weighted by Gasteiger charge is 2.32. The average molecular weight is 536 g/mol. The van der Waals surface area contributed by atoms with Gasteiger partial charge < -0.3 is 5.11 Å². The van der Waals surface area contributed by atoms with E-state index in [-0.39, 0.29) is 10.7 Å². The molecule has 0 saturated carbocycles. The molecule has 0 saturated heterocycles. The Kier molecular flexibility index (Phi) is 8.06. The smallest absolute Gasteiger partial charge is 0.296 e. The normalized spacial score (nSPS) is 12.4. The van der Waals surface area contributed by atoms with E-state index in [0.29, 0.717) is 24.8 Å². The minimum absolute atomic E-state index is 0.149. The first-order chi connectivity index (χ1) is 18.2. The number of sulfone groups is 1. The average Bonchev–Trinajstić information content (AvgIpc) is 2.89. The number of benzene rings is 2. The molecule has 2 aromatic carbocycles. The van der Waals surface area contributed by atoms with Crippen LogP contribution in [0.3, 0.4) is 0 Å². The van der Waals surface area contributed by atoms with Gasteiger partial charge in [-0.2, -0.15) is 4.98 Å². The van der Waals surface area contributed by atoms with Gasteiger partial charge in [-0.05, 0) is 61.2 Å². The van der Waals surface area contributed by atoms with E-state index in [2.05, 4.69) is 9.97 Å². The van der Waals surface area contributed by atoms with Crippen LogP contribution in [0.25, 0.3) is 11.1 Å². The summed E-state index contributed by atoms with van der Waals surface area (Å²) in [4.78, 5) is 20.5. The van der Waals surface area contributed by atoms with E-state index in [9.17, 15) is 22.7 Å². The zero-order chi connectivity index (χ0) is 27.4. The Balaban J connectivity index is 1.87. The third-order valence-electron chi connectivity index (χ3n) is 6.57. The summed E-state index contributed by atoms with van der Waals surface area (Å²) < 4.78 is 42.8. The first-order valence-electron chi connectivity index (χ1n) is 12.6. The lowest BCUT2D eigenvalue weighted by molar-refractivity contribution is 0.358. The third-order valence-corrected chi connectivity index (χ3v) is 8.36. The van der Waals surface area contributed by atoms with Crippen molar-refractivity contribution in [2.75, 3.05) is 0 Å². The predicted octanol–water partition coefficient (Wildman–Crippen LogP) is 5.63. The number of aromatic hydroxyl groups is 1. The van der Waals surface area contributed by atoms with Gasteiger partial charge in [0, 0.05) is 23.9 Å². The minimum Gasteiger partial charge on any atom is -0.493 e. The Labute approximate surface area is 221 Å². The monoisotopic (exact) mass is 535 g/mol. The fourth-order valence-corrected chi connectivity index (χ4v) is 5.97. The molecule has 9 heteroatoms. The molecule has 0 fully saturated rings. The molecule has 198 valence electrons. The highest BCUT2D eigenvalue weighted by atomic mass is 32.2. The second-order valence-corrected chi connectivity index (χ2v) is 11.0. The molecule has 0 aliphatic rings. The van der Waals surface area contributed by atoms with Crippen molar-refractivity contribution in [3.8, 4) is 17.0 Å². The zero-order valence-electron chi connectivity index (χ0n) is 21.6. The van der Waals surface area contributed by atoms with Gasteiger partial charge in [-0.25, -0.2) is 12.8 Å². The van der Waals surface area contributed by atoms with Crippen LogP contribution in [0, 0.1) is 12.7 Å². The van der Waals surface area contributed by atoms with Gasteiger partial charge in [-0.15, -0.1) is 0 Å². The van der Waals surface area contributed by atoms with Gasteiger partial charge in [0.25, 0.3) is 5.56 Å². The van der Waals surface area contributed by atoms with E-state index < -0.39 is 38.0 Å². The summed E-state index contributed by atoms with van der Waals surface area (Å²) in [6.45, 7) is 5.67. The summed E-state index contributed by atoms with van der Waals surface area (Å²) in [5.74, 6) is -0.896. The Morgan fingerprint density at radius 2 is 1.79 bits per heavy atom. The van der Waals surface area contributed by atoms with Crippen LogP contribution < -0.4 is 5.56 Å². The molecule has 2 heterocycles. The second kappa shape index (κ2) is 11.3. The quantitative estimate of drug-likeness (QED) is 0.298. The Bertz CT molecular complexity index is 1620. The summed E-state index contributed by atoms with van der Waals surface area (Å²) >= 11 is 0. The van der Waals surface area contributed by atoms with Crippen molar-refractivity contribution in [1.29, 1.82) is 0 Å². The lowest BCUT2D eigenvalue weighted by atomic mass is 10.0. The Morgan fingerprint density at radius 3 is 2.42 bits per heavy atom. The highest BCUT2D eigenvalue weighted by Crippen LogP contribution is 2.34. The summed E-state index contributed by atoms with van der Waals surface area (Å²) in [7, 11) is -4.44. The SMILES string of the molecule is CCCCc1nc(=O)c(S(=O)(=O)c2ccc(-c3cccnc3C)cc2)c(O)n1[C@@H](CC)c1cccc(F)c1. The van der Waals surface area contributed by atoms with Crippen LogP contribution in [0.4, 0.5) is 4.39 Å². The number of hydrogen-bond acceptors (Lipinski definition) is 6. The molecular formula is C29H30FN3O4S. The van der Waals surface area contributed by atoms with Crippen LogP contribution in [0.5, 0.6) is 5.88 Å². The van der Waals surface area contributed by atoms with E-state index in [0.717, 1.165) is 23.2 Å². The van der Waals surface area contributed by atoms with E-state index >= 15 is 0 Å². The Hall–Kier alpha value is -3.85. The minimum atomic E-state index is -4.44. The first-order valence-corrected chi connectivity index (χ1v) is 14.0. The molecule has 4 rings (SSSR count). The standard InChI is InChI=1S/C29H30FN3O4S/c1-4-6-12-26-32-28(34)27(29(35)33(26)25(5-2)21-9-7-10-22(30)18-21)38(36,37)23-15-13-20(14-16-23)24-11-8-17-31-19(24)3/h7-11,13-18,25,35H,4-6,12H2,1-3H3/t25-/m0/s1. The van der Waals surface area contributed by atoms with Gasteiger partial charge in [0.05, 0.1) is 10.9 Å². The molecule has 0 spiro atoms. The number of aromatic nitrogens is 3. The topological polar surface area (TPSA) is 102 Å². The highest BCUT2D eigenvalue weighted by molar-refractivity contribution is 7.91. The molecule has 0 unspecified atom stereocenters. The fourth-order valence-electron chi connectivity index (χ4n) is 4.63. The molecule has 0 amide bonds. The molecule has 1 N–H and O–H groups in total. The number of pyridine rings is 1.